The molecule has 2 atom stereocenters. The third-order valence-electron chi connectivity index (χ3n) is 3.44. The molecule has 84 valence electrons. The number of nitrogens with one attached hydrogen (secondary N) is 1. The van der Waals surface area contributed by atoms with Crippen molar-refractivity contribution in [3.05, 3.63) is 0 Å². The molecule has 1 aliphatic rings. The molecule has 0 bridgehead atoms. The van der Waals surface area contributed by atoms with Crippen LogP contribution in [0.3, 0.4) is 0 Å². The molecule has 1 rings (SSSR count). The van der Waals surface area contributed by atoms with Gasteiger partial charge in [-0.05, 0) is 40.5 Å². The van der Waals surface area contributed by atoms with Crippen molar-refractivity contribution >= 4 is 0 Å². The van der Waals surface area contributed by atoms with Crippen LogP contribution < -0.4 is 5.32 Å². The first-order valence-corrected chi connectivity index (χ1v) is 5.78. The first-order valence-electron chi connectivity index (χ1n) is 5.78. The van der Waals surface area contributed by atoms with E-state index >= 15 is 0 Å². The fourth-order valence-electron chi connectivity index (χ4n) is 2.23. The van der Waals surface area contributed by atoms with E-state index < -0.39 is 0 Å². The van der Waals surface area contributed by atoms with E-state index in [-0.39, 0.29) is 0 Å². The van der Waals surface area contributed by atoms with Gasteiger partial charge in [0.15, 0.2) is 0 Å². The van der Waals surface area contributed by atoms with Crippen molar-refractivity contribution in [2.24, 2.45) is 0 Å². The zero-order valence-corrected chi connectivity index (χ0v) is 10.1. The Hall–Kier alpha value is -0.120. The van der Waals surface area contributed by atoms with E-state index in [0.29, 0.717) is 6.04 Å². The molecule has 0 radical (unpaired) electrons. The Morgan fingerprint density at radius 2 is 2.07 bits per heavy atom. The molecule has 1 N–H and O–H groups in total. The van der Waals surface area contributed by atoms with Gasteiger partial charge in [0.2, 0.25) is 0 Å². The van der Waals surface area contributed by atoms with Crippen LogP contribution in [-0.4, -0.2) is 62.2 Å². The van der Waals surface area contributed by atoms with Crippen LogP contribution in [0.5, 0.6) is 0 Å². The van der Waals surface area contributed by atoms with E-state index in [9.17, 15) is 0 Å². The first kappa shape index (κ1) is 12.0. The summed E-state index contributed by atoms with van der Waals surface area (Å²) in [5.74, 6) is 0. The SMILES string of the molecule is CCN1CC(C)N(C)C(CCNC)C1. The van der Waals surface area contributed by atoms with Gasteiger partial charge in [-0.2, -0.15) is 0 Å². The molecular weight excluding hydrogens is 174 g/mol. The maximum atomic E-state index is 3.24. The van der Waals surface area contributed by atoms with E-state index in [1.54, 1.807) is 0 Å². The summed E-state index contributed by atoms with van der Waals surface area (Å²) >= 11 is 0. The fourth-order valence-corrected chi connectivity index (χ4v) is 2.23. The minimum absolute atomic E-state index is 0.700. The fraction of sp³-hybridized carbons (Fsp3) is 1.00. The number of piperazine rings is 1. The van der Waals surface area contributed by atoms with Crippen LogP contribution in [0.1, 0.15) is 20.3 Å². The molecule has 0 aromatic rings. The van der Waals surface area contributed by atoms with Crippen molar-refractivity contribution in [2.45, 2.75) is 32.4 Å². The van der Waals surface area contributed by atoms with Gasteiger partial charge in [-0.3, -0.25) is 4.90 Å². The molecule has 1 saturated heterocycles. The maximum absolute atomic E-state index is 3.24. The highest BCUT2D eigenvalue weighted by Crippen LogP contribution is 2.15. The summed E-state index contributed by atoms with van der Waals surface area (Å²) in [6.45, 7) is 9.36. The van der Waals surface area contributed by atoms with Crippen molar-refractivity contribution in [3.8, 4) is 0 Å². The highest BCUT2D eigenvalue weighted by Gasteiger charge is 2.27. The average Bonchev–Trinajstić information content (AvgIpc) is 2.20. The van der Waals surface area contributed by atoms with E-state index in [2.05, 4.69) is 36.0 Å². The largest absolute Gasteiger partial charge is 0.320 e. The summed E-state index contributed by atoms with van der Waals surface area (Å²) in [6, 6.07) is 1.43. The predicted molar refractivity (Wildman–Crippen MR) is 61.7 cm³/mol. The topological polar surface area (TPSA) is 18.5 Å². The van der Waals surface area contributed by atoms with Gasteiger partial charge < -0.3 is 10.2 Å². The van der Waals surface area contributed by atoms with Crippen LogP contribution in [0.2, 0.25) is 0 Å². The number of rotatable bonds is 4. The molecule has 14 heavy (non-hydrogen) atoms. The number of likely N-dealkylation sites (N-methyl/N-ethyl adjacent to an activating group) is 2. The summed E-state index contributed by atoms with van der Waals surface area (Å²) < 4.78 is 0. The predicted octanol–water partition coefficient (Wildman–Crippen LogP) is 0.620. The molecule has 3 nitrogen and oxygen atoms in total. The summed E-state index contributed by atoms with van der Waals surface area (Å²) in [5.41, 5.74) is 0. The van der Waals surface area contributed by atoms with Gasteiger partial charge in [-0.1, -0.05) is 6.92 Å². The summed E-state index contributed by atoms with van der Waals surface area (Å²) in [5, 5.41) is 3.24. The van der Waals surface area contributed by atoms with Crippen LogP contribution in [0.4, 0.5) is 0 Å². The minimum atomic E-state index is 0.700. The zero-order chi connectivity index (χ0) is 10.6. The number of hydrogen-bond acceptors (Lipinski definition) is 3. The van der Waals surface area contributed by atoms with Gasteiger partial charge in [-0.15, -0.1) is 0 Å². The molecule has 2 unspecified atom stereocenters. The third-order valence-corrected chi connectivity index (χ3v) is 3.44. The normalized spacial score (nSPS) is 30.9. The Morgan fingerprint density at radius 3 is 2.64 bits per heavy atom. The lowest BCUT2D eigenvalue weighted by molar-refractivity contribution is 0.0509. The molecule has 0 saturated carbocycles. The first-order chi connectivity index (χ1) is 6.69. The van der Waals surface area contributed by atoms with E-state index in [1.165, 1.54) is 26.1 Å². The second-order valence-corrected chi connectivity index (χ2v) is 4.41. The molecule has 1 heterocycles. The number of hydrogen-bond donors (Lipinski definition) is 1. The van der Waals surface area contributed by atoms with E-state index in [1.807, 2.05) is 7.05 Å². The van der Waals surface area contributed by atoms with Gasteiger partial charge in [0.05, 0.1) is 0 Å². The standard InChI is InChI=1S/C11H25N3/c1-5-14-8-10(2)13(4)11(9-14)6-7-12-3/h10-12H,5-9H2,1-4H3. The molecule has 0 aromatic carbocycles. The van der Waals surface area contributed by atoms with Crippen molar-refractivity contribution < 1.29 is 0 Å². The monoisotopic (exact) mass is 199 g/mol. The van der Waals surface area contributed by atoms with Crippen molar-refractivity contribution in [3.63, 3.8) is 0 Å². The van der Waals surface area contributed by atoms with Gasteiger partial charge in [-0.25, -0.2) is 0 Å². The van der Waals surface area contributed by atoms with E-state index in [0.717, 1.165) is 12.6 Å². The third kappa shape index (κ3) is 2.94. The smallest absolute Gasteiger partial charge is 0.0235 e. The molecule has 0 aromatic heterocycles. The molecule has 1 fully saturated rings. The molecule has 0 spiro atoms. The minimum Gasteiger partial charge on any atom is -0.320 e. The Morgan fingerprint density at radius 1 is 1.36 bits per heavy atom. The second-order valence-electron chi connectivity index (χ2n) is 4.41. The lowest BCUT2D eigenvalue weighted by Crippen LogP contribution is -2.56. The quantitative estimate of drug-likeness (QED) is 0.716. The zero-order valence-electron chi connectivity index (χ0n) is 10.1. The highest BCUT2D eigenvalue weighted by molar-refractivity contribution is 4.84. The highest BCUT2D eigenvalue weighted by atomic mass is 15.3. The lowest BCUT2D eigenvalue weighted by Gasteiger charge is -2.43. The average molecular weight is 199 g/mol. The van der Waals surface area contributed by atoms with Gasteiger partial charge in [0.1, 0.15) is 0 Å². The Bertz CT molecular complexity index is 161. The van der Waals surface area contributed by atoms with Gasteiger partial charge in [0, 0.05) is 25.2 Å². The molecular formula is C11H25N3. The summed E-state index contributed by atoms with van der Waals surface area (Å²) in [6.07, 6.45) is 1.26. The van der Waals surface area contributed by atoms with E-state index in [4.69, 9.17) is 0 Å². The Labute approximate surface area is 88.5 Å². The molecule has 1 aliphatic heterocycles. The second kappa shape index (κ2) is 5.69. The summed E-state index contributed by atoms with van der Waals surface area (Å²) in [7, 11) is 4.29. The van der Waals surface area contributed by atoms with Crippen LogP contribution >= 0.6 is 0 Å². The van der Waals surface area contributed by atoms with Crippen LogP contribution in [-0.2, 0) is 0 Å². The van der Waals surface area contributed by atoms with Gasteiger partial charge in [0.25, 0.3) is 0 Å². The Balaban J connectivity index is 2.45. The Kier molecular flexibility index (Phi) is 4.85. The van der Waals surface area contributed by atoms with Crippen molar-refractivity contribution in [2.75, 3.05) is 40.3 Å². The molecule has 3 heteroatoms. The van der Waals surface area contributed by atoms with Crippen molar-refractivity contribution in [1.82, 2.24) is 15.1 Å². The van der Waals surface area contributed by atoms with Crippen LogP contribution in [0.25, 0.3) is 0 Å². The van der Waals surface area contributed by atoms with Crippen LogP contribution in [0, 0.1) is 0 Å². The number of nitrogens with zero attached hydrogens (tertiary/aromatic N) is 2. The van der Waals surface area contributed by atoms with Crippen molar-refractivity contribution in [1.29, 1.82) is 0 Å². The maximum Gasteiger partial charge on any atom is 0.0235 e. The molecule has 0 aliphatic carbocycles. The molecule has 0 amide bonds. The van der Waals surface area contributed by atoms with Crippen LogP contribution in [0.15, 0.2) is 0 Å². The summed E-state index contributed by atoms with van der Waals surface area (Å²) in [4.78, 5) is 5.09. The lowest BCUT2D eigenvalue weighted by atomic mass is 10.1. The van der Waals surface area contributed by atoms with Gasteiger partial charge >= 0.3 is 0 Å².